The van der Waals surface area contributed by atoms with Crippen molar-refractivity contribution in [2.24, 2.45) is 0 Å². The second-order valence-corrected chi connectivity index (χ2v) is 7.17. The van der Waals surface area contributed by atoms with Gasteiger partial charge in [-0.25, -0.2) is 0 Å². The SMILES string of the molecule is O=C(NC1CCC(O)CC1)C1CSCN1C(=O)c1ccccc1. The normalized spacial score (nSPS) is 27.7. The minimum absolute atomic E-state index is 0.0688. The van der Waals surface area contributed by atoms with E-state index in [1.54, 1.807) is 28.8 Å². The van der Waals surface area contributed by atoms with Crippen molar-refractivity contribution in [1.82, 2.24) is 10.2 Å². The van der Waals surface area contributed by atoms with Gasteiger partial charge < -0.3 is 15.3 Å². The van der Waals surface area contributed by atoms with Crippen LogP contribution < -0.4 is 5.32 Å². The van der Waals surface area contributed by atoms with Crippen LogP contribution in [0.5, 0.6) is 0 Å². The van der Waals surface area contributed by atoms with Crippen LogP contribution in [0.4, 0.5) is 0 Å². The zero-order valence-electron chi connectivity index (χ0n) is 13.0. The van der Waals surface area contributed by atoms with Crippen molar-refractivity contribution in [2.45, 2.75) is 43.9 Å². The maximum absolute atomic E-state index is 12.6. The molecule has 2 aliphatic rings. The molecule has 1 saturated carbocycles. The molecule has 1 heterocycles. The molecular weight excluding hydrogens is 312 g/mol. The van der Waals surface area contributed by atoms with E-state index in [4.69, 9.17) is 0 Å². The number of thioether (sulfide) groups is 1. The number of nitrogens with one attached hydrogen (secondary N) is 1. The smallest absolute Gasteiger partial charge is 0.255 e. The van der Waals surface area contributed by atoms with Gasteiger partial charge in [-0.15, -0.1) is 11.8 Å². The van der Waals surface area contributed by atoms with Crippen molar-refractivity contribution in [3.05, 3.63) is 35.9 Å². The third-order valence-electron chi connectivity index (χ3n) is 4.51. The van der Waals surface area contributed by atoms with Crippen LogP contribution in [0.15, 0.2) is 30.3 Å². The molecule has 2 amide bonds. The van der Waals surface area contributed by atoms with Crippen molar-refractivity contribution in [2.75, 3.05) is 11.6 Å². The van der Waals surface area contributed by atoms with Gasteiger partial charge in [-0.2, -0.15) is 0 Å². The largest absolute Gasteiger partial charge is 0.393 e. The van der Waals surface area contributed by atoms with Gasteiger partial charge in [0.05, 0.1) is 12.0 Å². The summed E-state index contributed by atoms with van der Waals surface area (Å²) in [6.45, 7) is 0. The minimum atomic E-state index is -0.403. The Morgan fingerprint density at radius 1 is 1.13 bits per heavy atom. The van der Waals surface area contributed by atoms with Crippen molar-refractivity contribution in [3.8, 4) is 0 Å². The van der Waals surface area contributed by atoms with Crippen LogP contribution in [-0.2, 0) is 4.79 Å². The van der Waals surface area contributed by atoms with Gasteiger partial charge in [0.25, 0.3) is 5.91 Å². The van der Waals surface area contributed by atoms with Crippen LogP contribution in [0.3, 0.4) is 0 Å². The summed E-state index contributed by atoms with van der Waals surface area (Å²) >= 11 is 1.61. The maximum Gasteiger partial charge on any atom is 0.255 e. The van der Waals surface area contributed by atoms with Gasteiger partial charge in [-0.3, -0.25) is 9.59 Å². The quantitative estimate of drug-likeness (QED) is 0.881. The molecule has 1 saturated heterocycles. The van der Waals surface area contributed by atoms with Crippen molar-refractivity contribution < 1.29 is 14.7 Å². The topological polar surface area (TPSA) is 69.6 Å². The van der Waals surface area contributed by atoms with E-state index in [-0.39, 0.29) is 24.0 Å². The second kappa shape index (κ2) is 7.36. The van der Waals surface area contributed by atoms with Gasteiger partial charge in [0.15, 0.2) is 0 Å². The fourth-order valence-corrected chi connectivity index (χ4v) is 4.28. The standard InChI is InChI=1S/C17H22N2O3S/c20-14-8-6-13(7-9-14)18-16(21)15-10-23-11-19(15)17(22)12-4-2-1-3-5-12/h1-5,13-15,20H,6-11H2,(H,18,21). The van der Waals surface area contributed by atoms with Gasteiger partial charge in [-0.1, -0.05) is 18.2 Å². The molecule has 0 spiro atoms. The van der Waals surface area contributed by atoms with Crippen LogP contribution in [0, 0.1) is 0 Å². The number of benzene rings is 1. The summed E-state index contributed by atoms with van der Waals surface area (Å²) in [5.74, 6) is 1.03. The molecule has 0 bridgehead atoms. The molecule has 2 N–H and O–H groups in total. The fourth-order valence-electron chi connectivity index (χ4n) is 3.12. The zero-order chi connectivity index (χ0) is 16.2. The van der Waals surface area contributed by atoms with Crippen molar-refractivity contribution >= 4 is 23.6 Å². The Bertz CT molecular complexity index is 558. The van der Waals surface area contributed by atoms with Gasteiger partial charge in [0.1, 0.15) is 6.04 Å². The van der Waals surface area contributed by atoms with E-state index < -0.39 is 6.04 Å². The Balaban J connectivity index is 1.62. The first-order valence-corrected chi connectivity index (χ1v) is 9.23. The molecule has 5 nitrogen and oxygen atoms in total. The first-order valence-electron chi connectivity index (χ1n) is 8.07. The highest BCUT2D eigenvalue weighted by atomic mass is 32.2. The Morgan fingerprint density at radius 3 is 2.52 bits per heavy atom. The fraction of sp³-hybridized carbons (Fsp3) is 0.529. The maximum atomic E-state index is 12.6. The molecule has 3 rings (SSSR count). The van der Waals surface area contributed by atoms with Crippen LogP contribution >= 0.6 is 11.8 Å². The molecule has 1 aliphatic heterocycles. The highest BCUT2D eigenvalue weighted by molar-refractivity contribution is 7.99. The molecule has 1 unspecified atom stereocenters. The molecule has 2 fully saturated rings. The number of aliphatic hydroxyl groups excluding tert-OH is 1. The van der Waals surface area contributed by atoms with Crippen LogP contribution in [0.25, 0.3) is 0 Å². The summed E-state index contributed by atoms with van der Waals surface area (Å²) < 4.78 is 0. The number of hydrogen-bond donors (Lipinski definition) is 2. The number of aliphatic hydroxyl groups is 1. The second-order valence-electron chi connectivity index (χ2n) is 6.17. The molecule has 1 atom stereocenters. The van der Waals surface area contributed by atoms with Crippen LogP contribution in [0.2, 0.25) is 0 Å². The van der Waals surface area contributed by atoms with Crippen molar-refractivity contribution in [1.29, 1.82) is 0 Å². The lowest BCUT2D eigenvalue weighted by molar-refractivity contribution is -0.125. The molecule has 124 valence electrons. The van der Waals surface area contributed by atoms with E-state index in [1.807, 2.05) is 18.2 Å². The van der Waals surface area contributed by atoms with Crippen LogP contribution in [-0.4, -0.2) is 51.6 Å². The summed E-state index contributed by atoms with van der Waals surface area (Å²) in [6.07, 6.45) is 2.84. The molecular formula is C17H22N2O3S. The van der Waals surface area contributed by atoms with E-state index in [0.29, 0.717) is 17.2 Å². The number of nitrogens with zero attached hydrogens (tertiary/aromatic N) is 1. The summed E-state index contributed by atoms with van der Waals surface area (Å²) in [7, 11) is 0. The lowest BCUT2D eigenvalue weighted by atomic mass is 9.93. The summed E-state index contributed by atoms with van der Waals surface area (Å²) in [4.78, 5) is 26.8. The number of amides is 2. The molecule has 1 aromatic carbocycles. The Labute approximate surface area is 140 Å². The predicted octanol–water partition coefficient (Wildman–Crippen LogP) is 1.62. The number of carbonyl (C=O) groups is 2. The van der Waals surface area contributed by atoms with E-state index >= 15 is 0 Å². The van der Waals surface area contributed by atoms with Gasteiger partial charge >= 0.3 is 0 Å². The molecule has 0 aromatic heterocycles. The van der Waals surface area contributed by atoms with E-state index in [1.165, 1.54) is 0 Å². The number of carbonyl (C=O) groups excluding carboxylic acids is 2. The average Bonchev–Trinajstić information content (AvgIpc) is 3.07. The predicted molar refractivity (Wildman–Crippen MR) is 90.1 cm³/mol. The van der Waals surface area contributed by atoms with Crippen LogP contribution in [0.1, 0.15) is 36.0 Å². The molecule has 1 aliphatic carbocycles. The van der Waals surface area contributed by atoms with Gasteiger partial charge in [0.2, 0.25) is 5.91 Å². The number of hydrogen-bond acceptors (Lipinski definition) is 4. The molecule has 23 heavy (non-hydrogen) atoms. The lowest BCUT2D eigenvalue weighted by Gasteiger charge is -2.29. The summed E-state index contributed by atoms with van der Waals surface area (Å²) in [5, 5.41) is 12.6. The summed E-state index contributed by atoms with van der Waals surface area (Å²) in [5.41, 5.74) is 0.619. The van der Waals surface area contributed by atoms with Gasteiger partial charge in [-0.05, 0) is 37.8 Å². The number of rotatable bonds is 3. The third-order valence-corrected chi connectivity index (χ3v) is 5.52. The highest BCUT2D eigenvalue weighted by Crippen LogP contribution is 2.24. The lowest BCUT2D eigenvalue weighted by Crippen LogP contribution is -2.50. The monoisotopic (exact) mass is 334 g/mol. The van der Waals surface area contributed by atoms with E-state index in [2.05, 4.69) is 5.32 Å². The highest BCUT2D eigenvalue weighted by Gasteiger charge is 2.36. The Kier molecular flexibility index (Phi) is 5.23. The van der Waals surface area contributed by atoms with Crippen molar-refractivity contribution in [3.63, 3.8) is 0 Å². The van der Waals surface area contributed by atoms with Gasteiger partial charge in [0, 0.05) is 17.4 Å². The minimum Gasteiger partial charge on any atom is -0.393 e. The third kappa shape index (κ3) is 3.87. The zero-order valence-corrected chi connectivity index (χ0v) is 13.8. The average molecular weight is 334 g/mol. The van der Waals surface area contributed by atoms with E-state index in [0.717, 1.165) is 25.7 Å². The Hall–Kier alpha value is -1.53. The van der Waals surface area contributed by atoms with E-state index in [9.17, 15) is 14.7 Å². The molecule has 6 heteroatoms. The summed E-state index contributed by atoms with van der Waals surface area (Å²) in [6, 6.07) is 8.81. The first-order chi connectivity index (χ1) is 11.1. The molecule has 1 aromatic rings. The first kappa shape index (κ1) is 16.3. The Morgan fingerprint density at radius 2 is 1.83 bits per heavy atom. The molecule has 0 radical (unpaired) electrons.